The Kier molecular flexibility index (Phi) is 20.5. The van der Waals surface area contributed by atoms with E-state index in [9.17, 15) is 0 Å². The van der Waals surface area contributed by atoms with Gasteiger partial charge in [0.1, 0.15) is 0 Å². The summed E-state index contributed by atoms with van der Waals surface area (Å²) in [5.74, 6) is 0. The van der Waals surface area contributed by atoms with Crippen molar-refractivity contribution in [3.63, 3.8) is 0 Å². The van der Waals surface area contributed by atoms with Gasteiger partial charge in [-0.05, 0) is 0 Å². The van der Waals surface area contributed by atoms with E-state index in [1.807, 2.05) is 0 Å². The molecule has 0 aliphatic rings. The standard InChI is InChI=1S/3C4H9O.BrH.Ti/c3*1-2-3-4-5;;/h3*2-4H2,1H3;1H;/q3*-1;;+3. The maximum absolute atomic E-state index is 5.70. The second-order valence-electron chi connectivity index (χ2n) is 3.86. The summed E-state index contributed by atoms with van der Waals surface area (Å²) in [6.45, 7) is 8.88. The van der Waals surface area contributed by atoms with Crippen LogP contribution in [0.3, 0.4) is 0 Å². The van der Waals surface area contributed by atoms with Gasteiger partial charge < -0.3 is 0 Å². The van der Waals surface area contributed by atoms with Crippen molar-refractivity contribution in [2.75, 3.05) is 19.8 Å². The van der Waals surface area contributed by atoms with E-state index in [1.165, 1.54) is 0 Å². The summed E-state index contributed by atoms with van der Waals surface area (Å²) in [6, 6.07) is 0. The number of halogens is 1. The van der Waals surface area contributed by atoms with E-state index in [4.69, 9.17) is 9.96 Å². The molecule has 17 heavy (non-hydrogen) atoms. The fraction of sp³-hybridized carbons (Fsp3) is 1.00. The van der Waals surface area contributed by atoms with Crippen LogP contribution in [0, 0.1) is 0 Å². The van der Waals surface area contributed by atoms with Gasteiger partial charge in [-0.15, -0.1) is 17.0 Å². The van der Waals surface area contributed by atoms with E-state index < -0.39 is 19.0 Å². The molecule has 0 radical (unpaired) electrons. The SMILES string of the molecule is Br.CCCC[O][Ti]([O]CCCC)[O]CCCC. The molecule has 0 aromatic carbocycles. The molecule has 105 valence electrons. The van der Waals surface area contributed by atoms with Crippen LogP contribution in [-0.2, 0) is 29.0 Å². The summed E-state index contributed by atoms with van der Waals surface area (Å²) >= 11 is -2.10. The molecule has 0 aromatic heterocycles. The molecule has 0 spiro atoms. The van der Waals surface area contributed by atoms with Gasteiger partial charge in [-0.1, -0.05) is 0 Å². The molecule has 0 aliphatic carbocycles. The van der Waals surface area contributed by atoms with Crippen molar-refractivity contribution in [2.24, 2.45) is 0 Å². The van der Waals surface area contributed by atoms with Gasteiger partial charge >= 0.3 is 108 Å². The molecule has 3 nitrogen and oxygen atoms in total. The van der Waals surface area contributed by atoms with E-state index >= 15 is 0 Å². The number of unbranched alkanes of at least 4 members (excludes halogenated alkanes) is 3. The molecule has 0 aromatic rings. The Morgan fingerprint density at radius 1 is 0.647 bits per heavy atom. The van der Waals surface area contributed by atoms with Gasteiger partial charge in [-0.25, -0.2) is 0 Å². The fourth-order valence-electron chi connectivity index (χ4n) is 1.02. The van der Waals surface area contributed by atoms with Gasteiger partial charge in [0.05, 0.1) is 0 Å². The van der Waals surface area contributed by atoms with Crippen molar-refractivity contribution in [3.05, 3.63) is 0 Å². The second kappa shape index (κ2) is 17.1. The average Bonchev–Trinajstić information content (AvgIpc) is 2.29. The third kappa shape index (κ3) is 15.0. The first-order valence-corrected chi connectivity index (χ1v) is 8.51. The zero-order valence-corrected chi connectivity index (χ0v) is 14.8. The first-order chi connectivity index (χ1) is 7.85. The van der Waals surface area contributed by atoms with Gasteiger partial charge in [-0.3, -0.25) is 0 Å². The molecule has 0 N–H and O–H groups in total. The number of hydrogen-bond donors (Lipinski definition) is 0. The van der Waals surface area contributed by atoms with E-state index in [2.05, 4.69) is 20.8 Å². The van der Waals surface area contributed by atoms with Crippen molar-refractivity contribution in [1.82, 2.24) is 0 Å². The van der Waals surface area contributed by atoms with Crippen LogP contribution in [0.15, 0.2) is 0 Å². The molecule has 0 aliphatic heterocycles. The van der Waals surface area contributed by atoms with Crippen LogP contribution in [0.25, 0.3) is 0 Å². The predicted molar refractivity (Wildman–Crippen MR) is 72.9 cm³/mol. The normalized spacial score (nSPS) is 10.1. The molecule has 0 fully saturated rings. The van der Waals surface area contributed by atoms with Crippen LogP contribution < -0.4 is 0 Å². The summed E-state index contributed by atoms with van der Waals surface area (Å²) in [4.78, 5) is 0. The summed E-state index contributed by atoms with van der Waals surface area (Å²) in [6.07, 6.45) is 6.79. The van der Waals surface area contributed by atoms with Crippen LogP contribution in [-0.4, -0.2) is 19.8 Å². The van der Waals surface area contributed by atoms with Crippen LogP contribution in [0.4, 0.5) is 0 Å². The van der Waals surface area contributed by atoms with Crippen molar-refractivity contribution in [2.45, 2.75) is 59.3 Å². The molecule has 0 atom stereocenters. The monoisotopic (exact) mass is 347 g/mol. The predicted octanol–water partition coefficient (Wildman–Crippen LogP) is 4.38. The quantitative estimate of drug-likeness (QED) is 0.387. The third-order valence-corrected chi connectivity index (χ3v) is 4.21. The van der Waals surface area contributed by atoms with Crippen molar-refractivity contribution >= 4 is 17.0 Å². The van der Waals surface area contributed by atoms with Crippen molar-refractivity contribution < 1.29 is 29.0 Å². The van der Waals surface area contributed by atoms with Crippen LogP contribution >= 0.6 is 17.0 Å². The third-order valence-electron chi connectivity index (χ3n) is 2.15. The summed E-state index contributed by atoms with van der Waals surface area (Å²) in [5.41, 5.74) is 0. The van der Waals surface area contributed by atoms with Gasteiger partial charge in [0.15, 0.2) is 0 Å². The van der Waals surface area contributed by atoms with E-state index in [0.717, 1.165) is 58.3 Å². The Morgan fingerprint density at radius 3 is 1.18 bits per heavy atom. The van der Waals surface area contributed by atoms with Crippen LogP contribution in [0.2, 0.25) is 0 Å². The van der Waals surface area contributed by atoms with Gasteiger partial charge in [0.25, 0.3) is 0 Å². The maximum atomic E-state index is 5.70. The molecule has 0 bridgehead atoms. The Morgan fingerprint density at radius 2 is 0.941 bits per heavy atom. The Hall–Kier alpha value is 1.07. The summed E-state index contributed by atoms with van der Waals surface area (Å²) in [7, 11) is 0. The van der Waals surface area contributed by atoms with Gasteiger partial charge in [0.2, 0.25) is 0 Å². The van der Waals surface area contributed by atoms with Crippen LogP contribution in [0.5, 0.6) is 0 Å². The summed E-state index contributed by atoms with van der Waals surface area (Å²) < 4.78 is 17.1. The summed E-state index contributed by atoms with van der Waals surface area (Å²) in [5, 5.41) is 0. The Balaban J connectivity index is 0. The van der Waals surface area contributed by atoms with Gasteiger partial charge in [-0.2, -0.15) is 0 Å². The van der Waals surface area contributed by atoms with E-state index in [-0.39, 0.29) is 17.0 Å². The van der Waals surface area contributed by atoms with Crippen LogP contribution in [0.1, 0.15) is 59.3 Å². The van der Waals surface area contributed by atoms with Gasteiger partial charge in [0, 0.05) is 0 Å². The topological polar surface area (TPSA) is 27.7 Å². The molecule has 0 saturated heterocycles. The average molecular weight is 348 g/mol. The Bertz CT molecular complexity index is 115. The molecule has 5 heteroatoms. The molecule has 0 amide bonds. The zero-order valence-electron chi connectivity index (χ0n) is 11.5. The first-order valence-electron chi connectivity index (χ1n) is 6.60. The van der Waals surface area contributed by atoms with E-state index in [1.54, 1.807) is 0 Å². The molecular weight excluding hydrogens is 320 g/mol. The van der Waals surface area contributed by atoms with E-state index in [0.29, 0.717) is 0 Å². The molecule has 0 unspecified atom stereocenters. The number of hydrogen-bond acceptors (Lipinski definition) is 3. The fourth-order valence-corrected chi connectivity index (χ4v) is 2.87. The molecule has 0 rings (SSSR count). The Labute approximate surface area is 125 Å². The minimum atomic E-state index is -2.10. The second-order valence-corrected chi connectivity index (χ2v) is 5.99. The van der Waals surface area contributed by atoms with Crippen molar-refractivity contribution in [1.29, 1.82) is 0 Å². The van der Waals surface area contributed by atoms with Crippen molar-refractivity contribution in [3.8, 4) is 0 Å². The molecule has 0 heterocycles. The zero-order chi connectivity index (χ0) is 12.1. The minimum absolute atomic E-state index is 0. The molecular formula is C12H28BrO3Ti. The number of rotatable bonds is 12. The molecule has 0 saturated carbocycles. The first kappa shape index (κ1) is 20.4.